The number of pyridine rings is 2. The summed E-state index contributed by atoms with van der Waals surface area (Å²) < 4.78 is 0. The van der Waals surface area contributed by atoms with E-state index < -0.39 is 10.8 Å². The number of anilines is 1. The molecule has 0 fully saturated rings. The van der Waals surface area contributed by atoms with Gasteiger partial charge in [-0.25, -0.2) is 4.98 Å². The summed E-state index contributed by atoms with van der Waals surface area (Å²) in [6.07, 6.45) is 1.03. The Bertz CT molecular complexity index is 1040. The molecule has 0 saturated heterocycles. The fourth-order valence-corrected chi connectivity index (χ4v) is 2.48. The van der Waals surface area contributed by atoms with Gasteiger partial charge in [0.15, 0.2) is 0 Å². The number of carbonyl (C=O) groups is 1. The van der Waals surface area contributed by atoms with Crippen molar-refractivity contribution in [2.24, 2.45) is 5.73 Å². The average Bonchev–Trinajstić information content (AvgIpc) is 2.59. The van der Waals surface area contributed by atoms with Gasteiger partial charge in [-0.15, -0.1) is 0 Å². The average molecular weight is 339 g/mol. The first-order valence-corrected chi connectivity index (χ1v) is 7.25. The molecule has 0 radical (unpaired) electrons. The number of hydrogen-bond acceptors (Lipinski definition) is 6. The fraction of sp³-hybridized carbons (Fsp3) is 0.0625. The molecule has 0 aliphatic carbocycles. The summed E-state index contributed by atoms with van der Waals surface area (Å²) in [5.41, 5.74) is 5.95. The molecule has 126 valence electrons. The Hall–Kier alpha value is -3.75. The van der Waals surface area contributed by atoms with Crippen LogP contribution in [0.4, 0.5) is 11.5 Å². The van der Waals surface area contributed by atoms with Gasteiger partial charge < -0.3 is 16.0 Å². The summed E-state index contributed by atoms with van der Waals surface area (Å²) in [5.74, 6) is -0.725. The van der Waals surface area contributed by atoms with Crippen molar-refractivity contribution in [3.8, 4) is 0 Å². The molecule has 1 aromatic carbocycles. The van der Waals surface area contributed by atoms with Crippen molar-refractivity contribution in [3.63, 3.8) is 0 Å². The quantitative estimate of drug-likeness (QED) is 0.475. The molecule has 0 saturated carbocycles. The number of nitrogens with zero attached hydrogens (tertiary/aromatic N) is 2. The number of nitrogens with two attached hydrogens (primary N) is 1. The second kappa shape index (κ2) is 6.40. The zero-order valence-electron chi connectivity index (χ0n) is 12.9. The van der Waals surface area contributed by atoms with Gasteiger partial charge >= 0.3 is 0 Å². The van der Waals surface area contributed by atoms with Gasteiger partial charge in [0.1, 0.15) is 12.0 Å². The second-order valence-electron chi connectivity index (χ2n) is 5.27. The number of aromatic amines is 1. The van der Waals surface area contributed by atoms with Crippen LogP contribution in [0.15, 0.2) is 47.4 Å². The lowest BCUT2D eigenvalue weighted by molar-refractivity contribution is -0.385. The van der Waals surface area contributed by atoms with E-state index in [0.717, 1.165) is 17.6 Å². The van der Waals surface area contributed by atoms with Crippen LogP contribution >= 0.6 is 0 Å². The summed E-state index contributed by atoms with van der Waals surface area (Å²) in [7, 11) is 0. The van der Waals surface area contributed by atoms with Crippen molar-refractivity contribution >= 4 is 28.3 Å². The summed E-state index contributed by atoms with van der Waals surface area (Å²) >= 11 is 0. The molecule has 0 atom stereocenters. The monoisotopic (exact) mass is 339 g/mol. The minimum Gasteiger partial charge on any atom is -0.365 e. The molecule has 25 heavy (non-hydrogen) atoms. The molecule has 0 aliphatic heterocycles. The number of aromatic nitrogens is 2. The topological polar surface area (TPSA) is 144 Å². The number of benzene rings is 1. The van der Waals surface area contributed by atoms with E-state index in [0.29, 0.717) is 11.1 Å². The Morgan fingerprint density at radius 3 is 2.80 bits per heavy atom. The van der Waals surface area contributed by atoms with E-state index in [-0.39, 0.29) is 29.2 Å². The largest absolute Gasteiger partial charge is 0.365 e. The van der Waals surface area contributed by atoms with E-state index in [4.69, 9.17) is 5.73 Å². The van der Waals surface area contributed by atoms with Crippen LogP contribution in [0.5, 0.6) is 0 Å². The van der Waals surface area contributed by atoms with Crippen molar-refractivity contribution in [1.82, 2.24) is 9.97 Å². The van der Waals surface area contributed by atoms with Gasteiger partial charge in [-0.1, -0.05) is 18.2 Å². The summed E-state index contributed by atoms with van der Waals surface area (Å²) in [6.45, 7) is 0.190. The molecule has 3 rings (SSSR count). The Labute approximate surface area is 140 Å². The number of rotatable bonds is 5. The second-order valence-corrected chi connectivity index (χ2v) is 5.27. The van der Waals surface area contributed by atoms with E-state index in [1.165, 1.54) is 6.07 Å². The number of fused-ring (bicyclic) bond motifs is 1. The number of carbonyl (C=O) groups excluding carboxylic acids is 1. The smallest absolute Gasteiger partial charge is 0.288 e. The lowest BCUT2D eigenvalue weighted by Crippen LogP contribution is -2.16. The highest BCUT2D eigenvalue weighted by Gasteiger charge is 2.16. The van der Waals surface area contributed by atoms with Gasteiger partial charge in [-0.05, 0) is 11.6 Å². The standard InChI is InChI=1S/C16H13N5O4/c17-15(23)12-6-10(21(24)25)8-19-16(12)18-7-9-5-14(22)20-13-4-2-1-3-11(9)13/h1-6,8H,7H2,(H2,17,23)(H,18,19)(H,20,22). The van der Waals surface area contributed by atoms with E-state index in [1.807, 2.05) is 12.1 Å². The third-order valence-corrected chi connectivity index (χ3v) is 3.63. The van der Waals surface area contributed by atoms with Crippen LogP contribution in [0, 0.1) is 10.1 Å². The van der Waals surface area contributed by atoms with Crippen LogP contribution < -0.4 is 16.6 Å². The molecule has 0 bridgehead atoms. The van der Waals surface area contributed by atoms with E-state index in [2.05, 4.69) is 15.3 Å². The van der Waals surface area contributed by atoms with E-state index in [1.54, 1.807) is 12.1 Å². The maximum atomic E-state index is 11.8. The van der Waals surface area contributed by atoms with Crippen LogP contribution in [0.25, 0.3) is 10.9 Å². The van der Waals surface area contributed by atoms with Crippen molar-refractivity contribution in [2.75, 3.05) is 5.32 Å². The molecule has 0 unspecified atom stereocenters. The highest BCUT2D eigenvalue weighted by atomic mass is 16.6. The number of H-pyrrole nitrogens is 1. The van der Waals surface area contributed by atoms with Gasteiger partial charge in [0, 0.05) is 29.6 Å². The predicted molar refractivity (Wildman–Crippen MR) is 91.3 cm³/mol. The highest BCUT2D eigenvalue weighted by molar-refractivity contribution is 5.98. The highest BCUT2D eigenvalue weighted by Crippen LogP contribution is 2.21. The van der Waals surface area contributed by atoms with E-state index >= 15 is 0 Å². The molecule has 4 N–H and O–H groups in total. The Balaban J connectivity index is 1.96. The SMILES string of the molecule is NC(=O)c1cc([N+](=O)[O-])cnc1NCc1cc(=O)[nH]c2ccccc12. The molecule has 2 heterocycles. The Morgan fingerprint density at radius 2 is 2.08 bits per heavy atom. The van der Waals surface area contributed by atoms with Crippen LogP contribution in [0.3, 0.4) is 0 Å². The van der Waals surface area contributed by atoms with Crippen molar-refractivity contribution in [1.29, 1.82) is 0 Å². The summed E-state index contributed by atoms with van der Waals surface area (Å²) in [6, 6.07) is 9.76. The van der Waals surface area contributed by atoms with Crippen LogP contribution in [-0.2, 0) is 6.54 Å². The first kappa shape index (κ1) is 16.1. The summed E-state index contributed by atoms with van der Waals surface area (Å²) in [5, 5.41) is 14.5. The van der Waals surface area contributed by atoms with Gasteiger partial charge in [-0.3, -0.25) is 19.7 Å². The Morgan fingerprint density at radius 1 is 1.32 bits per heavy atom. The van der Waals surface area contributed by atoms with E-state index in [9.17, 15) is 19.7 Å². The third kappa shape index (κ3) is 3.29. The minimum atomic E-state index is -0.838. The van der Waals surface area contributed by atoms with Crippen LogP contribution in [0.1, 0.15) is 15.9 Å². The van der Waals surface area contributed by atoms with Gasteiger partial charge in [0.25, 0.3) is 11.6 Å². The number of para-hydroxylation sites is 1. The number of hydrogen-bond donors (Lipinski definition) is 3. The number of nitrogens with one attached hydrogen (secondary N) is 2. The summed E-state index contributed by atoms with van der Waals surface area (Å²) in [4.78, 5) is 40.1. The predicted octanol–water partition coefficient (Wildman–Crippen LogP) is 1.54. The van der Waals surface area contributed by atoms with Crippen LogP contribution in [0.2, 0.25) is 0 Å². The van der Waals surface area contributed by atoms with Crippen LogP contribution in [-0.4, -0.2) is 20.8 Å². The maximum Gasteiger partial charge on any atom is 0.288 e. The zero-order chi connectivity index (χ0) is 18.0. The molecule has 0 spiro atoms. The first-order chi connectivity index (χ1) is 12.0. The van der Waals surface area contributed by atoms with Crippen molar-refractivity contribution in [2.45, 2.75) is 6.54 Å². The van der Waals surface area contributed by atoms with Gasteiger partial charge in [0.2, 0.25) is 5.56 Å². The Kier molecular flexibility index (Phi) is 4.12. The molecule has 0 aliphatic rings. The first-order valence-electron chi connectivity index (χ1n) is 7.25. The molecule has 3 aromatic rings. The zero-order valence-corrected chi connectivity index (χ0v) is 12.9. The molecule has 1 amide bonds. The maximum absolute atomic E-state index is 11.8. The lowest BCUT2D eigenvalue weighted by atomic mass is 10.1. The minimum absolute atomic E-state index is 0.0941. The fourth-order valence-electron chi connectivity index (χ4n) is 2.48. The molecular formula is C16H13N5O4. The number of amides is 1. The van der Waals surface area contributed by atoms with Crippen molar-refractivity contribution in [3.05, 3.63) is 74.2 Å². The normalized spacial score (nSPS) is 10.6. The molecule has 9 nitrogen and oxygen atoms in total. The van der Waals surface area contributed by atoms with Gasteiger partial charge in [0.05, 0.1) is 10.5 Å². The lowest BCUT2D eigenvalue weighted by Gasteiger charge is -2.10. The number of primary amides is 1. The number of nitro groups is 1. The molecule has 2 aromatic heterocycles. The molecule has 9 heteroatoms. The van der Waals surface area contributed by atoms with Gasteiger partial charge in [-0.2, -0.15) is 0 Å². The molecular weight excluding hydrogens is 326 g/mol. The van der Waals surface area contributed by atoms with Crippen molar-refractivity contribution < 1.29 is 9.72 Å². The third-order valence-electron chi connectivity index (χ3n) is 3.63.